The van der Waals surface area contributed by atoms with E-state index in [0.717, 1.165) is 28.2 Å². The van der Waals surface area contributed by atoms with Crippen molar-refractivity contribution in [2.75, 3.05) is 4.90 Å². The van der Waals surface area contributed by atoms with Gasteiger partial charge in [0.05, 0.1) is 22.4 Å². The topological polar surface area (TPSA) is 8.17 Å². The highest BCUT2D eigenvalue weighted by molar-refractivity contribution is 6.27. The van der Waals surface area contributed by atoms with Crippen molar-refractivity contribution in [3.05, 3.63) is 254 Å². The molecule has 13 aromatic rings. The van der Waals surface area contributed by atoms with Gasteiger partial charge >= 0.3 is 0 Å². The molecule has 0 spiro atoms. The molecule has 356 valence electrons. The minimum atomic E-state index is 0.0398. The molecule has 0 radical (unpaired) electrons. The van der Waals surface area contributed by atoms with Crippen LogP contribution < -0.4 is 4.90 Å². The second-order valence-electron chi connectivity index (χ2n) is 22.2. The van der Waals surface area contributed by atoms with E-state index in [-0.39, 0.29) is 10.8 Å². The lowest BCUT2D eigenvalue weighted by atomic mass is 9.79. The summed E-state index contributed by atoms with van der Waals surface area (Å²) in [6, 6.07) is 90.4. The molecule has 0 aliphatic heterocycles. The summed E-state index contributed by atoms with van der Waals surface area (Å²) in [5.41, 5.74) is 19.3. The Hall–Kier alpha value is -8.72. The number of aromatic nitrogens is 1. The van der Waals surface area contributed by atoms with Crippen LogP contribution in [0.25, 0.3) is 104 Å². The number of anilines is 3. The fraction of sp³-hybridized carbons (Fsp3) is 0.111. The van der Waals surface area contributed by atoms with E-state index in [9.17, 15) is 0 Å². The number of nitrogens with zero attached hydrogens (tertiary/aromatic N) is 2. The molecule has 0 aliphatic rings. The molecule has 0 fully saturated rings. The van der Waals surface area contributed by atoms with E-state index in [1.54, 1.807) is 0 Å². The van der Waals surface area contributed by atoms with Crippen LogP contribution in [0, 0.1) is 0 Å². The third-order valence-electron chi connectivity index (χ3n) is 15.4. The highest BCUT2D eigenvalue weighted by Gasteiger charge is 2.24. The fourth-order valence-corrected chi connectivity index (χ4v) is 11.5. The Morgan fingerprint density at radius 1 is 0.311 bits per heavy atom. The minimum absolute atomic E-state index is 0.0398. The number of hydrogen-bond acceptors (Lipinski definition) is 1. The fourth-order valence-electron chi connectivity index (χ4n) is 11.5. The first kappa shape index (κ1) is 45.2. The number of hydrogen-bond donors (Lipinski definition) is 0. The lowest BCUT2D eigenvalue weighted by Crippen LogP contribution is -2.16. The van der Waals surface area contributed by atoms with Gasteiger partial charge in [0.1, 0.15) is 0 Å². The van der Waals surface area contributed by atoms with Gasteiger partial charge in [0.25, 0.3) is 0 Å². The van der Waals surface area contributed by atoms with Crippen molar-refractivity contribution in [2.45, 2.75) is 52.4 Å². The summed E-state index contributed by atoms with van der Waals surface area (Å²) in [4.78, 5) is 2.48. The average Bonchev–Trinajstić information content (AvgIpc) is 3.78. The van der Waals surface area contributed by atoms with E-state index < -0.39 is 0 Å². The van der Waals surface area contributed by atoms with Gasteiger partial charge in [-0.2, -0.15) is 0 Å². The van der Waals surface area contributed by atoms with Gasteiger partial charge in [-0.3, -0.25) is 0 Å². The van der Waals surface area contributed by atoms with Crippen molar-refractivity contribution in [3.63, 3.8) is 0 Å². The third kappa shape index (κ3) is 7.72. The number of fused-ring (bicyclic) bond motifs is 3. The first-order valence-electron chi connectivity index (χ1n) is 26.1. The standard InChI is InChI=1S/C72H58N2/c1-71(2,3)55-42-54(43-56(46-55)72(4,5)6)48-32-30-47(31-33-48)52-20-16-22-57(44-52)73(58-23-17-21-53(45-58)60-25-11-10-24-59(60)49-18-8-7-9-19-49)67-40-36-50-35-39-64-68(41-37-51-34-38-63(67)69(50)70(51)64)74-65-28-14-12-26-61(65)62-27-13-15-29-66(62)74/h7-46H,1-6H3. The predicted octanol–water partition coefficient (Wildman–Crippen LogP) is 20.4. The van der Waals surface area contributed by atoms with Crippen LogP contribution in [0.3, 0.4) is 0 Å². The Morgan fingerprint density at radius 3 is 1.41 bits per heavy atom. The number of rotatable bonds is 8. The maximum absolute atomic E-state index is 2.48. The summed E-state index contributed by atoms with van der Waals surface area (Å²) in [6.45, 7) is 13.9. The summed E-state index contributed by atoms with van der Waals surface area (Å²) in [5, 5.41) is 9.98. The van der Waals surface area contributed by atoms with Crippen molar-refractivity contribution in [2.24, 2.45) is 0 Å². The first-order valence-corrected chi connectivity index (χ1v) is 26.1. The summed E-state index contributed by atoms with van der Waals surface area (Å²) >= 11 is 0. The average molecular weight is 951 g/mol. The molecular formula is C72H58N2. The second-order valence-corrected chi connectivity index (χ2v) is 22.2. The van der Waals surface area contributed by atoms with Gasteiger partial charge in [0, 0.05) is 32.9 Å². The molecule has 1 heterocycles. The smallest absolute Gasteiger partial charge is 0.0541 e. The lowest BCUT2D eigenvalue weighted by Gasteiger charge is -2.29. The van der Waals surface area contributed by atoms with Crippen LogP contribution in [0.2, 0.25) is 0 Å². The largest absolute Gasteiger partial charge is 0.310 e. The normalized spacial score (nSPS) is 12.2. The highest BCUT2D eigenvalue weighted by atomic mass is 15.1. The minimum Gasteiger partial charge on any atom is -0.310 e. The quantitative estimate of drug-likeness (QED) is 0.138. The summed E-state index contributed by atoms with van der Waals surface area (Å²) < 4.78 is 2.46. The number of benzene rings is 12. The predicted molar refractivity (Wildman–Crippen MR) is 318 cm³/mol. The summed E-state index contributed by atoms with van der Waals surface area (Å²) in [5.74, 6) is 0. The molecule has 1 aromatic heterocycles. The van der Waals surface area contributed by atoms with Crippen LogP contribution >= 0.6 is 0 Å². The van der Waals surface area contributed by atoms with Crippen LogP contribution in [-0.2, 0) is 10.8 Å². The second kappa shape index (κ2) is 17.5. The molecule has 2 heteroatoms. The maximum atomic E-state index is 2.48. The molecule has 0 amide bonds. The zero-order chi connectivity index (χ0) is 50.3. The van der Waals surface area contributed by atoms with Crippen LogP contribution in [0.1, 0.15) is 52.7 Å². The van der Waals surface area contributed by atoms with Crippen molar-refractivity contribution in [3.8, 4) is 50.2 Å². The van der Waals surface area contributed by atoms with Crippen molar-refractivity contribution in [1.82, 2.24) is 4.57 Å². The van der Waals surface area contributed by atoms with E-state index in [2.05, 4.69) is 294 Å². The Kier molecular flexibility index (Phi) is 10.7. The van der Waals surface area contributed by atoms with Gasteiger partial charge in [-0.05, 0) is 137 Å². The highest BCUT2D eigenvalue weighted by Crippen LogP contribution is 2.47. The Balaban J connectivity index is 0.991. The summed E-state index contributed by atoms with van der Waals surface area (Å²) in [7, 11) is 0. The summed E-state index contributed by atoms with van der Waals surface area (Å²) in [6.07, 6.45) is 0. The van der Waals surface area contributed by atoms with E-state index in [0.29, 0.717) is 0 Å². The lowest BCUT2D eigenvalue weighted by molar-refractivity contribution is 0.569. The molecule has 0 N–H and O–H groups in total. The monoisotopic (exact) mass is 950 g/mol. The molecule has 74 heavy (non-hydrogen) atoms. The maximum Gasteiger partial charge on any atom is 0.0541 e. The molecule has 0 atom stereocenters. The van der Waals surface area contributed by atoms with E-state index in [1.165, 1.54) is 104 Å². The van der Waals surface area contributed by atoms with E-state index in [1.807, 2.05) is 0 Å². The molecule has 0 unspecified atom stereocenters. The first-order chi connectivity index (χ1) is 36.0. The van der Waals surface area contributed by atoms with Crippen LogP contribution in [-0.4, -0.2) is 4.57 Å². The van der Waals surface area contributed by atoms with Crippen molar-refractivity contribution in [1.29, 1.82) is 0 Å². The van der Waals surface area contributed by atoms with Gasteiger partial charge < -0.3 is 9.47 Å². The van der Waals surface area contributed by atoms with E-state index >= 15 is 0 Å². The molecule has 2 nitrogen and oxygen atoms in total. The molecule has 0 aliphatic carbocycles. The Labute approximate surface area is 434 Å². The van der Waals surface area contributed by atoms with Crippen LogP contribution in [0.5, 0.6) is 0 Å². The zero-order valence-electron chi connectivity index (χ0n) is 43.0. The SMILES string of the molecule is CC(C)(C)c1cc(-c2ccc(-c3cccc(N(c4cccc(-c5ccccc5-c5ccccc5)c4)c4ccc5ccc6c(-n7c8ccccc8c8ccccc87)ccc7ccc4c5c76)c3)cc2)cc(C(C)(C)C)c1. The molecular weight excluding hydrogens is 893 g/mol. The van der Waals surface area contributed by atoms with Gasteiger partial charge in [0.15, 0.2) is 0 Å². The zero-order valence-corrected chi connectivity index (χ0v) is 43.0. The molecule has 13 rings (SSSR count). The van der Waals surface area contributed by atoms with Crippen LogP contribution in [0.15, 0.2) is 243 Å². The molecule has 0 saturated carbocycles. The van der Waals surface area contributed by atoms with E-state index in [4.69, 9.17) is 0 Å². The molecule has 0 saturated heterocycles. The Morgan fingerprint density at radius 2 is 0.784 bits per heavy atom. The van der Waals surface area contributed by atoms with Gasteiger partial charge in [-0.15, -0.1) is 0 Å². The van der Waals surface area contributed by atoms with Gasteiger partial charge in [0.2, 0.25) is 0 Å². The molecule has 12 aromatic carbocycles. The number of para-hydroxylation sites is 2. The van der Waals surface area contributed by atoms with Crippen LogP contribution in [0.4, 0.5) is 17.1 Å². The van der Waals surface area contributed by atoms with Gasteiger partial charge in [-0.25, -0.2) is 0 Å². The van der Waals surface area contributed by atoms with Crippen molar-refractivity contribution >= 4 is 71.2 Å². The van der Waals surface area contributed by atoms with Crippen molar-refractivity contribution < 1.29 is 0 Å². The third-order valence-corrected chi connectivity index (χ3v) is 15.4. The Bertz CT molecular complexity index is 4170. The molecule has 0 bridgehead atoms. The van der Waals surface area contributed by atoms with Gasteiger partial charge in [-0.1, -0.05) is 236 Å².